The summed E-state index contributed by atoms with van der Waals surface area (Å²) in [5, 5.41) is 17.8. The van der Waals surface area contributed by atoms with E-state index in [1.807, 2.05) is 0 Å². The van der Waals surface area contributed by atoms with Crippen molar-refractivity contribution in [1.29, 1.82) is 0 Å². The van der Waals surface area contributed by atoms with Crippen LogP contribution in [0.4, 0.5) is 0 Å². The van der Waals surface area contributed by atoms with Crippen LogP contribution in [0.15, 0.2) is 0 Å². The smallest absolute Gasteiger partial charge is 0.337 e. The summed E-state index contributed by atoms with van der Waals surface area (Å²) in [5.41, 5.74) is -1.80. The van der Waals surface area contributed by atoms with Crippen LogP contribution in [0.1, 0.15) is 13.3 Å². The first-order valence-electron chi connectivity index (χ1n) is 4.17. The minimum atomic E-state index is -1.80. The van der Waals surface area contributed by atoms with Crippen molar-refractivity contribution in [2.24, 2.45) is 0 Å². The van der Waals surface area contributed by atoms with E-state index < -0.39 is 11.6 Å². The third-order valence-corrected chi connectivity index (χ3v) is 1.95. The second-order valence-corrected chi connectivity index (χ2v) is 3.38. The maximum atomic E-state index is 10.5. The molecule has 2 atom stereocenters. The Hall–Kier alpha value is -0.650. The lowest BCUT2D eigenvalue weighted by atomic mass is 10.1. The van der Waals surface area contributed by atoms with Gasteiger partial charge in [-0.25, -0.2) is 4.79 Å². The lowest BCUT2D eigenvalue weighted by Gasteiger charge is -2.19. The minimum absolute atomic E-state index is 0.0779. The number of carbonyl (C=O) groups is 1. The molecule has 0 aromatic rings. The molecule has 1 fully saturated rings. The van der Waals surface area contributed by atoms with Gasteiger partial charge >= 0.3 is 5.97 Å². The van der Waals surface area contributed by atoms with Gasteiger partial charge in [-0.3, -0.25) is 0 Å². The van der Waals surface area contributed by atoms with Gasteiger partial charge in [-0.1, -0.05) is 0 Å². The molecular weight excluding hydrogens is 176 g/mol. The molecule has 0 amide bonds. The van der Waals surface area contributed by atoms with Crippen molar-refractivity contribution in [3.8, 4) is 0 Å². The first kappa shape index (κ1) is 10.4. The van der Waals surface area contributed by atoms with E-state index in [0.29, 0.717) is 13.2 Å². The Morgan fingerprint density at radius 3 is 2.92 bits per heavy atom. The number of hydrogen-bond acceptors (Lipinski definition) is 4. The number of ether oxygens (including phenoxy) is 2. The van der Waals surface area contributed by atoms with Crippen molar-refractivity contribution in [1.82, 2.24) is 0 Å². The van der Waals surface area contributed by atoms with Crippen LogP contribution in [0.2, 0.25) is 0 Å². The van der Waals surface area contributed by atoms with Gasteiger partial charge in [0.15, 0.2) is 5.60 Å². The van der Waals surface area contributed by atoms with Crippen molar-refractivity contribution < 1.29 is 24.5 Å². The Bertz CT molecular complexity index is 183. The fourth-order valence-electron chi connectivity index (χ4n) is 0.986. The van der Waals surface area contributed by atoms with Crippen LogP contribution < -0.4 is 0 Å². The van der Waals surface area contributed by atoms with Gasteiger partial charge in [0.25, 0.3) is 0 Å². The molecule has 2 N–H and O–H groups in total. The number of aliphatic hydroxyl groups is 1. The van der Waals surface area contributed by atoms with E-state index in [0.717, 1.165) is 6.42 Å². The van der Waals surface area contributed by atoms with Crippen LogP contribution in [0.25, 0.3) is 0 Å². The Labute approximate surface area is 76.3 Å². The molecule has 13 heavy (non-hydrogen) atoms. The highest BCUT2D eigenvalue weighted by Crippen LogP contribution is 2.12. The maximum Gasteiger partial charge on any atom is 0.337 e. The standard InChI is InChI=1S/C8H14O5/c1-8(11,7(9)10)5-13-6-2-3-12-4-6/h6,11H,2-5H2,1H3,(H,9,10). The highest BCUT2D eigenvalue weighted by molar-refractivity contribution is 5.76. The average Bonchev–Trinajstić information content (AvgIpc) is 2.52. The summed E-state index contributed by atoms with van der Waals surface area (Å²) in [6.45, 7) is 2.14. The van der Waals surface area contributed by atoms with Gasteiger partial charge in [0.1, 0.15) is 0 Å². The van der Waals surface area contributed by atoms with Crippen LogP contribution in [0, 0.1) is 0 Å². The summed E-state index contributed by atoms with van der Waals surface area (Å²) in [4.78, 5) is 10.5. The number of rotatable bonds is 4. The summed E-state index contributed by atoms with van der Waals surface area (Å²) in [7, 11) is 0. The van der Waals surface area contributed by atoms with E-state index in [2.05, 4.69) is 0 Å². The molecule has 5 heteroatoms. The Balaban J connectivity index is 2.28. The molecule has 0 aromatic heterocycles. The zero-order valence-electron chi connectivity index (χ0n) is 7.52. The van der Waals surface area contributed by atoms with Gasteiger partial charge in [-0.05, 0) is 13.3 Å². The first-order valence-corrected chi connectivity index (χ1v) is 4.17. The Morgan fingerprint density at radius 1 is 1.77 bits per heavy atom. The second kappa shape index (κ2) is 4.04. The molecule has 5 nitrogen and oxygen atoms in total. The molecule has 0 spiro atoms. The van der Waals surface area contributed by atoms with Crippen LogP contribution in [-0.2, 0) is 14.3 Å². The van der Waals surface area contributed by atoms with Gasteiger partial charge < -0.3 is 19.7 Å². The predicted molar refractivity (Wildman–Crippen MR) is 43.4 cm³/mol. The number of carboxylic acid groups (broad SMARTS) is 1. The van der Waals surface area contributed by atoms with Gasteiger partial charge in [0, 0.05) is 6.61 Å². The second-order valence-electron chi connectivity index (χ2n) is 3.38. The van der Waals surface area contributed by atoms with Gasteiger partial charge in [-0.2, -0.15) is 0 Å². The molecule has 2 unspecified atom stereocenters. The molecule has 0 bridgehead atoms. The number of hydrogen-bond donors (Lipinski definition) is 2. The summed E-state index contributed by atoms with van der Waals surface area (Å²) in [6, 6.07) is 0. The van der Waals surface area contributed by atoms with Gasteiger partial charge in [0.05, 0.1) is 19.3 Å². The van der Waals surface area contributed by atoms with Crippen LogP contribution in [-0.4, -0.2) is 47.7 Å². The fraction of sp³-hybridized carbons (Fsp3) is 0.875. The molecule has 0 saturated carbocycles. The summed E-state index contributed by atoms with van der Waals surface area (Å²) in [6.07, 6.45) is 0.682. The monoisotopic (exact) mass is 190 g/mol. The summed E-state index contributed by atoms with van der Waals surface area (Å²) < 4.78 is 10.2. The highest BCUT2D eigenvalue weighted by atomic mass is 16.6. The van der Waals surface area contributed by atoms with Crippen molar-refractivity contribution in [3.05, 3.63) is 0 Å². The van der Waals surface area contributed by atoms with Crippen LogP contribution in [0.5, 0.6) is 0 Å². The first-order chi connectivity index (χ1) is 6.02. The number of aliphatic carboxylic acids is 1. The van der Waals surface area contributed by atoms with E-state index in [4.69, 9.17) is 14.6 Å². The maximum absolute atomic E-state index is 10.5. The van der Waals surface area contributed by atoms with Crippen molar-refractivity contribution in [3.63, 3.8) is 0 Å². The SMILES string of the molecule is CC(O)(COC1CCOC1)C(=O)O. The quantitative estimate of drug-likeness (QED) is 0.632. The van der Waals surface area contributed by atoms with Crippen LogP contribution >= 0.6 is 0 Å². The van der Waals surface area contributed by atoms with Gasteiger partial charge in [0.2, 0.25) is 0 Å². The topological polar surface area (TPSA) is 76.0 Å². The predicted octanol–water partition coefficient (Wildman–Crippen LogP) is -0.373. The van der Waals surface area contributed by atoms with Crippen molar-refractivity contribution >= 4 is 5.97 Å². The summed E-state index contributed by atoms with van der Waals surface area (Å²) >= 11 is 0. The van der Waals surface area contributed by atoms with E-state index >= 15 is 0 Å². The largest absolute Gasteiger partial charge is 0.479 e. The van der Waals surface area contributed by atoms with E-state index in [1.54, 1.807) is 0 Å². The average molecular weight is 190 g/mol. The molecule has 1 rings (SSSR count). The third-order valence-electron chi connectivity index (χ3n) is 1.95. The fourth-order valence-corrected chi connectivity index (χ4v) is 0.986. The number of carboxylic acids is 1. The van der Waals surface area contributed by atoms with Gasteiger partial charge in [-0.15, -0.1) is 0 Å². The molecule has 1 saturated heterocycles. The van der Waals surface area contributed by atoms with E-state index in [9.17, 15) is 9.90 Å². The Morgan fingerprint density at radius 2 is 2.46 bits per heavy atom. The zero-order chi connectivity index (χ0) is 9.90. The molecule has 1 aliphatic heterocycles. The Kier molecular flexibility index (Phi) is 3.24. The molecule has 0 aliphatic carbocycles. The van der Waals surface area contributed by atoms with Crippen molar-refractivity contribution in [2.45, 2.75) is 25.0 Å². The zero-order valence-corrected chi connectivity index (χ0v) is 7.52. The third kappa shape index (κ3) is 2.95. The molecule has 1 aliphatic rings. The van der Waals surface area contributed by atoms with Crippen molar-refractivity contribution in [2.75, 3.05) is 19.8 Å². The molecule has 0 aromatic carbocycles. The lowest BCUT2D eigenvalue weighted by molar-refractivity contribution is -0.164. The summed E-state index contributed by atoms with van der Waals surface area (Å²) in [5.74, 6) is -1.27. The van der Waals surface area contributed by atoms with Crippen LogP contribution in [0.3, 0.4) is 0 Å². The van der Waals surface area contributed by atoms with E-state index in [1.165, 1.54) is 6.92 Å². The highest BCUT2D eigenvalue weighted by Gasteiger charge is 2.31. The molecule has 76 valence electrons. The lowest BCUT2D eigenvalue weighted by Crippen LogP contribution is -2.41. The normalized spacial score (nSPS) is 27.1. The molecule has 0 radical (unpaired) electrons. The molecule has 1 heterocycles. The molecular formula is C8H14O5. The minimum Gasteiger partial charge on any atom is -0.479 e. The van der Waals surface area contributed by atoms with E-state index in [-0.39, 0.29) is 12.7 Å².